The Balaban J connectivity index is 1.60. The molecule has 1 aromatic carbocycles. The van der Waals surface area contributed by atoms with Gasteiger partial charge in [0.25, 0.3) is 0 Å². The van der Waals surface area contributed by atoms with E-state index in [0.717, 1.165) is 24.2 Å². The van der Waals surface area contributed by atoms with Crippen molar-refractivity contribution < 1.29 is 0 Å². The van der Waals surface area contributed by atoms with Gasteiger partial charge in [-0.25, -0.2) is 0 Å². The van der Waals surface area contributed by atoms with Crippen LogP contribution in [0.15, 0.2) is 18.2 Å². The maximum absolute atomic E-state index is 6.59. The van der Waals surface area contributed by atoms with Gasteiger partial charge in [0.15, 0.2) is 0 Å². The fourth-order valence-corrected chi connectivity index (χ4v) is 4.67. The number of nitrogens with two attached hydrogens (primary N) is 1. The predicted octanol–water partition coefficient (Wildman–Crippen LogP) is 4.78. The summed E-state index contributed by atoms with van der Waals surface area (Å²) >= 11 is 0. The van der Waals surface area contributed by atoms with Crippen LogP contribution in [0.4, 0.5) is 0 Å². The highest BCUT2D eigenvalue weighted by molar-refractivity contribution is 5.30. The Hall–Kier alpha value is -0.820. The molecule has 2 saturated carbocycles. The van der Waals surface area contributed by atoms with Gasteiger partial charge in [0, 0.05) is 6.04 Å². The van der Waals surface area contributed by atoms with Gasteiger partial charge in [-0.2, -0.15) is 0 Å². The summed E-state index contributed by atoms with van der Waals surface area (Å²) in [5.74, 6) is 2.78. The second kappa shape index (κ2) is 6.52. The molecule has 4 unspecified atom stereocenters. The van der Waals surface area contributed by atoms with Crippen molar-refractivity contribution in [2.75, 3.05) is 0 Å². The lowest BCUT2D eigenvalue weighted by molar-refractivity contribution is 0.117. The third-order valence-corrected chi connectivity index (χ3v) is 6.23. The normalized spacial score (nSPS) is 30.7. The van der Waals surface area contributed by atoms with E-state index in [4.69, 9.17) is 5.73 Å². The van der Waals surface area contributed by atoms with Crippen LogP contribution in [0.5, 0.6) is 0 Å². The Morgan fingerprint density at radius 1 is 1.00 bits per heavy atom. The smallest absolute Gasteiger partial charge is 0.0108 e. The van der Waals surface area contributed by atoms with E-state index in [1.807, 2.05) is 0 Å². The first-order valence-corrected chi connectivity index (χ1v) is 8.95. The van der Waals surface area contributed by atoms with Crippen molar-refractivity contribution in [2.45, 2.75) is 71.3 Å². The Morgan fingerprint density at radius 2 is 1.76 bits per heavy atom. The van der Waals surface area contributed by atoms with Gasteiger partial charge in [-0.05, 0) is 74.0 Å². The summed E-state index contributed by atoms with van der Waals surface area (Å²) in [4.78, 5) is 0. The van der Waals surface area contributed by atoms with Crippen LogP contribution in [0.25, 0.3) is 0 Å². The van der Waals surface area contributed by atoms with E-state index in [1.165, 1.54) is 61.6 Å². The summed E-state index contributed by atoms with van der Waals surface area (Å²) in [7, 11) is 0. The SMILES string of the molecule is Cc1ccc(CC(N)C2CCC3CCCCC3C2)cc1C. The van der Waals surface area contributed by atoms with Crippen LogP contribution >= 0.6 is 0 Å². The monoisotopic (exact) mass is 285 g/mol. The highest BCUT2D eigenvalue weighted by Gasteiger charge is 2.34. The number of rotatable bonds is 3. The minimum absolute atomic E-state index is 0.356. The Morgan fingerprint density at radius 3 is 2.52 bits per heavy atom. The van der Waals surface area contributed by atoms with Crippen molar-refractivity contribution in [1.82, 2.24) is 0 Å². The summed E-state index contributed by atoms with van der Waals surface area (Å²) in [6, 6.07) is 7.21. The summed E-state index contributed by atoms with van der Waals surface area (Å²) < 4.78 is 0. The molecular weight excluding hydrogens is 254 g/mol. The van der Waals surface area contributed by atoms with Crippen molar-refractivity contribution in [2.24, 2.45) is 23.5 Å². The maximum atomic E-state index is 6.59. The van der Waals surface area contributed by atoms with Crippen LogP contribution in [-0.4, -0.2) is 6.04 Å². The molecule has 0 radical (unpaired) electrons. The highest BCUT2D eigenvalue weighted by atomic mass is 14.7. The second-order valence-corrected chi connectivity index (χ2v) is 7.66. The first-order chi connectivity index (χ1) is 10.1. The zero-order chi connectivity index (χ0) is 14.8. The number of fused-ring (bicyclic) bond motifs is 1. The molecule has 0 amide bonds. The van der Waals surface area contributed by atoms with Crippen molar-refractivity contribution in [3.63, 3.8) is 0 Å². The molecule has 2 fully saturated rings. The van der Waals surface area contributed by atoms with E-state index in [0.29, 0.717) is 6.04 Å². The van der Waals surface area contributed by atoms with Gasteiger partial charge in [-0.3, -0.25) is 0 Å². The van der Waals surface area contributed by atoms with Crippen LogP contribution < -0.4 is 5.73 Å². The summed E-state index contributed by atoms with van der Waals surface area (Å²) in [6.45, 7) is 4.39. The van der Waals surface area contributed by atoms with Crippen molar-refractivity contribution in [3.05, 3.63) is 34.9 Å². The minimum atomic E-state index is 0.356. The number of aryl methyl sites for hydroxylation is 2. The molecule has 0 saturated heterocycles. The van der Waals surface area contributed by atoms with Crippen LogP contribution in [0.3, 0.4) is 0 Å². The van der Waals surface area contributed by atoms with E-state index in [1.54, 1.807) is 0 Å². The Kier molecular flexibility index (Phi) is 4.69. The third-order valence-electron chi connectivity index (χ3n) is 6.23. The molecule has 21 heavy (non-hydrogen) atoms. The maximum Gasteiger partial charge on any atom is 0.0108 e. The van der Waals surface area contributed by atoms with Gasteiger partial charge in [0.1, 0.15) is 0 Å². The van der Waals surface area contributed by atoms with Crippen molar-refractivity contribution in [1.29, 1.82) is 0 Å². The van der Waals surface area contributed by atoms with Gasteiger partial charge < -0.3 is 5.73 Å². The Labute approximate surface area is 130 Å². The molecule has 2 aliphatic rings. The lowest BCUT2D eigenvalue weighted by atomic mass is 9.66. The zero-order valence-corrected chi connectivity index (χ0v) is 13.8. The van der Waals surface area contributed by atoms with Crippen molar-refractivity contribution >= 4 is 0 Å². The quantitative estimate of drug-likeness (QED) is 0.849. The molecule has 1 heteroatoms. The molecule has 1 nitrogen and oxygen atoms in total. The van der Waals surface area contributed by atoms with E-state index in [-0.39, 0.29) is 0 Å². The van der Waals surface area contributed by atoms with Gasteiger partial charge >= 0.3 is 0 Å². The van der Waals surface area contributed by atoms with Gasteiger partial charge in [-0.1, -0.05) is 43.9 Å². The molecule has 2 aliphatic carbocycles. The number of hydrogen-bond donors (Lipinski definition) is 1. The first kappa shape index (κ1) is 15.1. The molecule has 0 bridgehead atoms. The second-order valence-electron chi connectivity index (χ2n) is 7.66. The standard InChI is InChI=1S/C20H31N/c1-14-7-8-16(11-15(14)2)12-20(21)19-10-9-17-5-3-4-6-18(17)13-19/h7-8,11,17-20H,3-6,9-10,12-13,21H2,1-2H3. The molecule has 1 aromatic rings. The number of hydrogen-bond acceptors (Lipinski definition) is 1. The summed E-state index contributed by atoms with van der Waals surface area (Å²) in [5, 5.41) is 0. The predicted molar refractivity (Wildman–Crippen MR) is 90.4 cm³/mol. The molecule has 0 spiro atoms. The molecule has 2 N–H and O–H groups in total. The lowest BCUT2D eigenvalue weighted by Gasteiger charge is -2.41. The average Bonchev–Trinajstić information content (AvgIpc) is 2.50. The molecule has 4 atom stereocenters. The van der Waals surface area contributed by atoms with Crippen LogP contribution in [0, 0.1) is 31.6 Å². The van der Waals surface area contributed by atoms with E-state index in [2.05, 4.69) is 32.0 Å². The zero-order valence-electron chi connectivity index (χ0n) is 13.8. The molecule has 0 aromatic heterocycles. The summed E-state index contributed by atoms with van der Waals surface area (Å²) in [6.07, 6.45) is 11.2. The Bertz CT molecular complexity index is 479. The highest BCUT2D eigenvalue weighted by Crippen LogP contribution is 2.43. The fraction of sp³-hybridized carbons (Fsp3) is 0.700. The lowest BCUT2D eigenvalue weighted by Crippen LogP contribution is -2.38. The van der Waals surface area contributed by atoms with Crippen LogP contribution in [0.2, 0.25) is 0 Å². The van der Waals surface area contributed by atoms with Crippen molar-refractivity contribution in [3.8, 4) is 0 Å². The van der Waals surface area contributed by atoms with E-state index < -0.39 is 0 Å². The molecule has 0 aliphatic heterocycles. The molecule has 116 valence electrons. The largest absolute Gasteiger partial charge is 0.327 e. The van der Waals surface area contributed by atoms with Gasteiger partial charge in [0.05, 0.1) is 0 Å². The molecular formula is C20H31N. The van der Waals surface area contributed by atoms with E-state index in [9.17, 15) is 0 Å². The van der Waals surface area contributed by atoms with Gasteiger partial charge in [0.2, 0.25) is 0 Å². The molecule has 0 heterocycles. The third kappa shape index (κ3) is 3.51. The first-order valence-electron chi connectivity index (χ1n) is 8.95. The van der Waals surface area contributed by atoms with Crippen LogP contribution in [-0.2, 0) is 6.42 Å². The topological polar surface area (TPSA) is 26.0 Å². The van der Waals surface area contributed by atoms with Gasteiger partial charge in [-0.15, -0.1) is 0 Å². The molecule has 3 rings (SSSR count). The number of benzene rings is 1. The minimum Gasteiger partial charge on any atom is -0.327 e. The summed E-state index contributed by atoms with van der Waals surface area (Å²) in [5.41, 5.74) is 10.8. The fourth-order valence-electron chi connectivity index (χ4n) is 4.67. The average molecular weight is 285 g/mol. The van der Waals surface area contributed by atoms with E-state index >= 15 is 0 Å². The van der Waals surface area contributed by atoms with Crippen LogP contribution in [0.1, 0.15) is 61.6 Å².